The van der Waals surface area contributed by atoms with Crippen molar-refractivity contribution in [1.82, 2.24) is 10.1 Å². The van der Waals surface area contributed by atoms with Gasteiger partial charge in [-0.2, -0.15) is 18.2 Å². The van der Waals surface area contributed by atoms with E-state index in [4.69, 9.17) is 10.4 Å². The predicted octanol–water partition coefficient (Wildman–Crippen LogP) is 2.07. The van der Waals surface area contributed by atoms with Crippen LogP contribution < -0.4 is 5.90 Å². The van der Waals surface area contributed by atoms with E-state index in [1.165, 1.54) is 6.07 Å². The van der Waals surface area contributed by atoms with Crippen LogP contribution in [0, 0.1) is 0 Å². The van der Waals surface area contributed by atoms with Crippen molar-refractivity contribution in [2.24, 2.45) is 5.90 Å². The smallest absolute Gasteiger partial charge is 0.337 e. The largest absolute Gasteiger partial charge is 0.416 e. The zero-order valence-corrected chi connectivity index (χ0v) is 9.65. The van der Waals surface area contributed by atoms with Crippen molar-refractivity contribution >= 4 is 0 Å². The summed E-state index contributed by atoms with van der Waals surface area (Å²) in [7, 11) is 0. The summed E-state index contributed by atoms with van der Waals surface area (Å²) in [5, 5.41) is 3.62. The van der Waals surface area contributed by atoms with Crippen molar-refractivity contribution in [1.29, 1.82) is 0 Å². The highest BCUT2D eigenvalue weighted by Gasteiger charge is 2.30. The summed E-state index contributed by atoms with van der Waals surface area (Å²) < 4.78 is 42.4. The molecular formula is C11H10F3N3O2. The SMILES string of the molecule is NOCc1nc(Cc2cccc(C(F)(F)F)c2)no1. The first-order valence-electron chi connectivity index (χ1n) is 5.28. The molecular weight excluding hydrogens is 263 g/mol. The Hall–Kier alpha value is -1.93. The third kappa shape index (κ3) is 3.52. The monoisotopic (exact) mass is 273 g/mol. The fourth-order valence-electron chi connectivity index (χ4n) is 1.53. The normalized spacial score (nSPS) is 11.8. The van der Waals surface area contributed by atoms with E-state index in [1.807, 2.05) is 0 Å². The minimum absolute atomic E-state index is 0.0460. The molecule has 0 radical (unpaired) electrons. The highest BCUT2D eigenvalue weighted by molar-refractivity contribution is 5.27. The molecule has 0 saturated heterocycles. The highest BCUT2D eigenvalue weighted by atomic mass is 19.4. The summed E-state index contributed by atoms with van der Waals surface area (Å²) in [6.07, 6.45) is -4.23. The van der Waals surface area contributed by atoms with Gasteiger partial charge in [0.25, 0.3) is 5.89 Å². The van der Waals surface area contributed by atoms with Crippen LogP contribution in [0.15, 0.2) is 28.8 Å². The van der Waals surface area contributed by atoms with E-state index in [0.29, 0.717) is 5.56 Å². The Morgan fingerprint density at radius 2 is 2.11 bits per heavy atom. The van der Waals surface area contributed by atoms with Gasteiger partial charge in [0, 0.05) is 6.42 Å². The van der Waals surface area contributed by atoms with Gasteiger partial charge in [0.1, 0.15) is 6.61 Å². The molecule has 0 spiro atoms. The number of aromatic nitrogens is 2. The molecule has 8 heteroatoms. The summed E-state index contributed by atoms with van der Waals surface area (Å²) in [6, 6.07) is 4.95. The molecule has 5 nitrogen and oxygen atoms in total. The first kappa shape index (κ1) is 13.5. The molecule has 2 rings (SSSR count). The van der Waals surface area contributed by atoms with E-state index in [0.717, 1.165) is 12.1 Å². The van der Waals surface area contributed by atoms with Crippen molar-refractivity contribution in [3.63, 3.8) is 0 Å². The fraction of sp³-hybridized carbons (Fsp3) is 0.273. The lowest BCUT2D eigenvalue weighted by Crippen LogP contribution is -2.05. The summed E-state index contributed by atoms with van der Waals surface area (Å²) in [4.78, 5) is 8.23. The maximum Gasteiger partial charge on any atom is 0.416 e. The molecule has 0 aliphatic rings. The van der Waals surface area contributed by atoms with Crippen LogP contribution >= 0.6 is 0 Å². The number of hydrogen-bond donors (Lipinski definition) is 1. The molecule has 0 amide bonds. The van der Waals surface area contributed by atoms with E-state index in [-0.39, 0.29) is 24.7 Å². The van der Waals surface area contributed by atoms with Gasteiger partial charge in [0.15, 0.2) is 5.82 Å². The van der Waals surface area contributed by atoms with Crippen molar-refractivity contribution in [3.8, 4) is 0 Å². The number of hydrogen-bond acceptors (Lipinski definition) is 5. The lowest BCUT2D eigenvalue weighted by Gasteiger charge is -2.07. The molecule has 1 heterocycles. The summed E-state index contributed by atoms with van der Waals surface area (Å²) in [5.41, 5.74) is -0.269. The quantitative estimate of drug-likeness (QED) is 0.863. The zero-order chi connectivity index (χ0) is 13.9. The first-order chi connectivity index (χ1) is 8.99. The van der Waals surface area contributed by atoms with E-state index in [2.05, 4.69) is 15.0 Å². The van der Waals surface area contributed by atoms with Gasteiger partial charge in [0.2, 0.25) is 0 Å². The number of halogens is 3. The van der Waals surface area contributed by atoms with E-state index in [9.17, 15) is 13.2 Å². The number of alkyl halides is 3. The lowest BCUT2D eigenvalue weighted by molar-refractivity contribution is -0.137. The number of nitrogens with two attached hydrogens (primary N) is 1. The second-order valence-corrected chi connectivity index (χ2v) is 3.79. The van der Waals surface area contributed by atoms with Gasteiger partial charge in [-0.3, -0.25) is 4.84 Å². The van der Waals surface area contributed by atoms with E-state index >= 15 is 0 Å². The Balaban J connectivity index is 2.14. The maximum absolute atomic E-state index is 12.5. The number of nitrogens with zero attached hydrogens (tertiary/aromatic N) is 2. The van der Waals surface area contributed by atoms with E-state index < -0.39 is 11.7 Å². The number of benzene rings is 1. The summed E-state index contributed by atoms with van der Waals surface area (Å²) in [6.45, 7) is -0.0460. The Morgan fingerprint density at radius 1 is 1.32 bits per heavy atom. The van der Waals surface area contributed by atoms with Crippen LogP contribution in [0.1, 0.15) is 22.8 Å². The predicted molar refractivity (Wildman–Crippen MR) is 57.5 cm³/mol. The molecule has 0 aliphatic heterocycles. The van der Waals surface area contributed by atoms with Gasteiger partial charge in [-0.1, -0.05) is 23.4 Å². The minimum atomic E-state index is -4.37. The van der Waals surface area contributed by atoms with Crippen molar-refractivity contribution in [2.45, 2.75) is 19.2 Å². The molecule has 0 fully saturated rings. The molecule has 102 valence electrons. The Labute approximate surface area is 106 Å². The third-order valence-corrected chi connectivity index (χ3v) is 2.33. The zero-order valence-electron chi connectivity index (χ0n) is 9.65. The van der Waals surface area contributed by atoms with Crippen molar-refractivity contribution in [3.05, 3.63) is 47.1 Å². The first-order valence-corrected chi connectivity index (χ1v) is 5.28. The average Bonchev–Trinajstić information content (AvgIpc) is 2.76. The van der Waals surface area contributed by atoms with Crippen LogP contribution in [0.5, 0.6) is 0 Å². The second kappa shape index (κ2) is 5.37. The van der Waals surface area contributed by atoms with Crippen LogP contribution in [0.25, 0.3) is 0 Å². The van der Waals surface area contributed by atoms with Crippen molar-refractivity contribution in [2.75, 3.05) is 0 Å². The van der Waals surface area contributed by atoms with Crippen LogP contribution in [-0.4, -0.2) is 10.1 Å². The topological polar surface area (TPSA) is 74.2 Å². The highest BCUT2D eigenvalue weighted by Crippen LogP contribution is 2.29. The Morgan fingerprint density at radius 3 is 2.79 bits per heavy atom. The van der Waals surface area contributed by atoms with Gasteiger partial charge in [-0.05, 0) is 11.6 Å². The Kier molecular flexibility index (Phi) is 3.82. The molecule has 0 aliphatic carbocycles. The van der Waals surface area contributed by atoms with Crippen LogP contribution in [0.2, 0.25) is 0 Å². The molecule has 19 heavy (non-hydrogen) atoms. The Bertz CT molecular complexity index is 554. The molecule has 2 N–H and O–H groups in total. The van der Waals surface area contributed by atoms with Gasteiger partial charge in [-0.15, -0.1) is 0 Å². The minimum Gasteiger partial charge on any atom is -0.337 e. The van der Waals surface area contributed by atoms with Gasteiger partial charge < -0.3 is 4.52 Å². The van der Waals surface area contributed by atoms with E-state index in [1.54, 1.807) is 6.07 Å². The number of rotatable bonds is 4. The van der Waals surface area contributed by atoms with Gasteiger partial charge in [-0.25, -0.2) is 5.90 Å². The van der Waals surface area contributed by atoms with Crippen LogP contribution in [0.3, 0.4) is 0 Å². The van der Waals surface area contributed by atoms with Crippen molar-refractivity contribution < 1.29 is 22.5 Å². The van der Waals surface area contributed by atoms with Gasteiger partial charge in [0.05, 0.1) is 5.56 Å². The lowest BCUT2D eigenvalue weighted by atomic mass is 10.1. The van der Waals surface area contributed by atoms with Crippen LogP contribution in [-0.2, 0) is 24.0 Å². The standard InChI is InChI=1S/C11H10F3N3O2/c12-11(13,14)8-3-1-2-7(4-8)5-9-16-10(6-18-15)19-17-9/h1-4H,5-6,15H2. The summed E-state index contributed by atoms with van der Waals surface area (Å²) >= 11 is 0. The molecule has 1 aromatic heterocycles. The summed E-state index contributed by atoms with van der Waals surface area (Å²) in [5.74, 6) is 5.28. The van der Waals surface area contributed by atoms with Gasteiger partial charge >= 0.3 is 6.18 Å². The molecule has 1 aromatic carbocycles. The van der Waals surface area contributed by atoms with Crippen LogP contribution in [0.4, 0.5) is 13.2 Å². The fourth-order valence-corrected chi connectivity index (χ4v) is 1.53. The molecule has 0 bridgehead atoms. The molecule has 0 unspecified atom stereocenters. The second-order valence-electron chi connectivity index (χ2n) is 3.79. The average molecular weight is 273 g/mol. The maximum atomic E-state index is 12.5. The molecule has 2 aromatic rings. The molecule has 0 atom stereocenters. The third-order valence-electron chi connectivity index (χ3n) is 2.33. The molecule has 0 saturated carbocycles.